The molecule has 2 aromatic heterocycles. The van der Waals surface area contributed by atoms with Crippen LogP contribution in [0.2, 0.25) is 0 Å². The van der Waals surface area contributed by atoms with Gasteiger partial charge in [-0.25, -0.2) is 0 Å². The monoisotopic (exact) mass is 443 g/mol. The summed E-state index contributed by atoms with van der Waals surface area (Å²) < 4.78 is 16.7. The minimum Gasteiger partial charge on any atom is -0.503 e. The molecule has 0 saturated heterocycles. The van der Waals surface area contributed by atoms with E-state index in [1.54, 1.807) is 56.5 Å². The Bertz CT molecular complexity index is 1360. The Labute approximate surface area is 189 Å². The highest BCUT2D eigenvalue weighted by atomic mass is 16.5. The van der Waals surface area contributed by atoms with Gasteiger partial charge >= 0.3 is 0 Å². The standard InChI is InChI=1S/C26H21NO6/c1-15-7-12-20(32-15)23-22(24(28)21-13-17-5-3-4-6-19(17)33-21)25(29)26(30)27(23)14-16-8-10-18(31-2)11-9-16/h3-13,23,29H,14H2,1-2H3. The van der Waals surface area contributed by atoms with E-state index in [2.05, 4.69) is 0 Å². The molecule has 0 bridgehead atoms. The Kier molecular flexibility index (Phi) is 5.01. The number of ether oxygens (including phenoxy) is 1. The molecule has 3 heterocycles. The number of carbonyl (C=O) groups excluding carboxylic acids is 2. The zero-order chi connectivity index (χ0) is 23.1. The van der Waals surface area contributed by atoms with Crippen molar-refractivity contribution in [3.8, 4) is 5.75 Å². The minimum absolute atomic E-state index is 0.0464. The molecular formula is C26H21NO6. The van der Waals surface area contributed by atoms with E-state index in [1.165, 1.54) is 4.90 Å². The quantitative estimate of drug-likeness (QED) is 0.416. The first-order valence-corrected chi connectivity index (χ1v) is 10.4. The third-order valence-electron chi connectivity index (χ3n) is 5.74. The Hall–Kier alpha value is -4.26. The average molecular weight is 443 g/mol. The largest absolute Gasteiger partial charge is 0.503 e. The second-order valence-corrected chi connectivity index (χ2v) is 7.87. The van der Waals surface area contributed by atoms with Crippen molar-refractivity contribution in [1.29, 1.82) is 0 Å². The highest BCUT2D eigenvalue weighted by Gasteiger charge is 2.46. The van der Waals surface area contributed by atoms with Gasteiger partial charge in [-0.15, -0.1) is 0 Å². The van der Waals surface area contributed by atoms with E-state index in [9.17, 15) is 14.7 Å². The molecule has 7 nitrogen and oxygen atoms in total. The smallest absolute Gasteiger partial charge is 0.290 e. The van der Waals surface area contributed by atoms with Crippen molar-refractivity contribution in [2.45, 2.75) is 19.5 Å². The SMILES string of the molecule is COc1ccc(CN2C(=O)C(O)=C(C(=O)c3cc4ccccc4o3)C2c2ccc(C)o2)cc1. The normalized spacial score (nSPS) is 16.1. The molecule has 1 N–H and O–H groups in total. The van der Waals surface area contributed by atoms with Gasteiger partial charge in [0.15, 0.2) is 11.5 Å². The molecule has 33 heavy (non-hydrogen) atoms. The van der Waals surface area contributed by atoms with E-state index >= 15 is 0 Å². The molecule has 5 rings (SSSR count). The van der Waals surface area contributed by atoms with Gasteiger partial charge in [0.1, 0.15) is 28.9 Å². The number of methoxy groups -OCH3 is 1. The lowest BCUT2D eigenvalue weighted by Gasteiger charge is -2.25. The van der Waals surface area contributed by atoms with Gasteiger partial charge in [0.25, 0.3) is 5.91 Å². The summed E-state index contributed by atoms with van der Waals surface area (Å²) in [5.74, 6) is -0.0658. The number of aryl methyl sites for hydroxylation is 1. The van der Waals surface area contributed by atoms with Crippen LogP contribution in [0.5, 0.6) is 5.75 Å². The van der Waals surface area contributed by atoms with Crippen LogP contribution in [0.1, 0.15) is 33.7 Å². The lowest BCUT2D eigenvalue weighted by Crippen LogP contribution is -2.30. The second kappa shape index (κ2) is 8.02. The van der Waals surface area contributed by atoms with E-state index in [0.717, 1.165) is 10.9 Å². The van der Waals surface area contributed by atoms with Crippen molar-refractivity contribution < 1.29 is 28.3 Å². The Morgan fingerprint density at radius 2 is 1.82 bits per heavy atom. The summed E-state index contributed by atoms with van der Waals surface area (Å²) in [4.78, 5) is 28.0. The number of hydrogen-bond acceptors (Lipinski definition) is 6. The first-order valence-electron chi connectivity index (χ1n) is 10.4. The number of hydrogen-bond donors (Lipinski definition) is 1. The van der Waals surface area contributed by atoms with E-state index in [1.807, 2.05) is 24.3 Å². The average Bonchev–Trinajstić information content (AvgIpc) is 3.51. The van der Waals surface area contributed by atoms with Crippen LogP contribution in [0.15, 0.2) is 86.9 Å². The van der Waals surface area contributed by atoms with Gasteiger partial charge in [-0.1, -0.05) is 30.3 Å². The first kappa shape index (κ1) is 20.6. The van der Waals surface area contributed by atoms with Gasteiger partial charge < -0.3 is 23.6 Å². The Balaban J connectivity index is 1.56. The summed E-state index contributed by atoms with van der Waals surface area (Å²) in [6.07, 6.45) is 0. The van der Waals surface area contributed by atoms with E-state index < -0.39 is 23.5 Å². The lowest BCUT2D eigenvalue weighted by molar-refractivity contribution is -0.130. The molecular weight excluding hydrogens is 422 g/mol. The fourth-order valence-corrected chi connectivity index (χ4v) is 4.10. The maximum absolute atomic E-state index is 13.5. The zero-order valence-electron chi connectivity index (χ0n) is 18.1. The number of nitrogens with zero attached hydrogens (tertiary/aromatic N) is 1. The molecule has 2 aromatic carbocycles. The van der Waals surface area contributed by atoms with Crippen LogP contribution < -0.4 is 4.74 Å². The van der Waals surface area contributed by atoms with Gasteiger partial charge in [-0.3, -0.25) is 9.59 Å². The van der Waals surface area contributed by atoms with Crippen LogP contribution in [0.3, 0.4) is 0 Å². The Morgan fingerprint density at radius 1 is 1.06 bits per heavy atom. The highest BCUT2D eigenvalue weighted by Crippen LogP contribution is 2.41. The molecule has 166 valence electrons. The molecule has 7 heteroatoms. The van der Waals surface area contributed by atoms with Crippen LogP contribution >= 0.6 is 0 Å². The van der Waals surface area contributed by atoms with Crippen molar-refractivity contribution in [2.24, 2.45) is 0 Å². The Morgan fingerprint density at radius 3 is 2.48 bits per heavy atom. The van der Waals surface area contributed by atoms with Gasteiger partial charge in [-0.05, 0) is 48.9 Å². The van der Waals surface area contributed by atoms with Crippen molar-refractivity contribution in [3.05, 3.63) is 101 Å². The molecule has 1 aliphatic heterocycles. The molecule has 0 fully saturated rings. The zero-order valence-corrected chi connectivity index (χ0v) is 18.1. The molecule has 4 aromatic rings. The number of fused-ring (bicyclic) bond motifs is 1. The molecule has 0 aliphatic carbocycles. The third kappa shape index (κ3) is 3.57. The fraction of sp³-hybridized carbons (Fsp3) is 0.154. The highest BCUT2D eigenvalue weighted by molar-refractivity contribution is 6.15. The molecule has 0 saturated carbocycles. The number of furan rings is 2. The number of ketones is 1. The number of para-hydroxylation sites is 1. The van der Waals surface area contributed by atoms with Crippen molar-refractivity contribution in [1.82, 2.24) is 4.90 Å². The lowest BCUT2D eigenvalue weighted by atomic mass is 9.99. The number of benzene rings is 2. The summed E-state index contributed by atoms with van der Waals surface area (Å²) in [5, 5.41) is 11.6. The summed E-state index contributed by atoms with van der Waals surface area (Å²) >= 11 is 0. The molecule has 1 unspecified atom stereocenters. The fourth-order valence-electron chi connectivity index (χ4n) is 4.10. The third-order valence-corrected chi connectivity index (χ3v) is 5.74. The van der Waals surface area contributed by atoms with E-state index in [4.69, 9.17) is 13.6 Å². The summed E-state index contributed by atoms with van der Waals surface area (Å²) in [5.41, 5.74) is 1.29. The predicted molar refractivity (Wildman–Crippen MR) is 120 cm³/mol. The maximum atomic E-state index is 13.5. The topological polar surface area (TPSA) is 93.1 Å². The maximum Gasteiger partial charge on any atom is 0.290 e. The van der Waals surface area contributed by atoms with Gasteiger partial charge in [0.05, 0.1) is 12.7 Å². The van der Waals surface area contributed by atoms with E-state index in [0.29, 0.717) is 22.9 Å². The van der Waals surface area contributed by atoms with Crippen molar-refractivity contribution in [3.63, 3.8) is 0 Å². The van der Waals surface area contributed by atoms with Gasteiger partial charge in [-0.2, -0.15) is 0 Å². The van der Waals surface area contributed by atoms with Crippen molar-refractivity contribution in [2.75, 3.05) is 7.11 Å². The summed E-state index contributed by atoms with van der Waals surface area (Å²) in [7, 11) is 1.58. The number of carbonyl (C=O) groups is 2. The van der Waals surface area contributed by atoms with Crippen LogP contribution in [0, 0.1) is 6.92 Å². The van der Waals surface area contributed by atoms with Gasteiger partial charge in [0.2, 0.25) is 5.78 Å². The molecule has 1 amide bonds. The first-order chi connectivity index (χ1) is 16.0. The van der Waals surface area contributed by atoms with Crippen LogP contribution in [0.25, 0.3) is 11.0 Å². The minimum atomic E-state index is -0.894. The molecule has 0 spiro atoms. The van der Waals surface area contributed by atoms with Crippen LogP contribution in [0.4, 0.5) is 0 Å². The molecule has 1 atom stereocenters. The number of rotatable bonds is 6. The van der Waals surface area contributed by atoms with E-state index in [-0.39, 0.29) is 17.9 Å². The number of aliphatic hydroxyl groups excluding tert-OH is 1. The number of amides is 1. The second-order valence-electron chi connectivity index (χ2n) is 7.87. The van der Waals surface area contributed by atoms with Crippen LogP contribution in [-0.2, 0) is 11.3 Å². The molecule has 1 aliphatic rings. The summed E-state index contributed by atoms with van der Waals surface area (Å²) in [6, 6.07) is 18.6. The molecule has 0 radical (unpaired) electrons. The van der Waals surface area contributed by atoms with Crippen LogP contribution in [-0.4, -0.2) is 28.8 Å². The van der Waals surface area contributed by atoms with Gasteiger partial charge in [0, 0.05) is 11.9 Å². The van der Waals surface area contributed by atoms with Crippen molar-refractivity contribution >= 4 is 22.7 Å². The summed E-state index contributed by atoms with van der Waals surface area (Å²) in [6.45, 7) is 1.94. The number of aliphatic hydroxyl groups is 1. The number of Topliss-reactive ketones (excluding diaryl/α,β-unsaturated/α-hetero) is 1. The predicted octanol–water partition coefficient (Wildman–Crippen LogP) is 5.12.